The molecule has 0 radical (unpaired) electrons. The number of rotatable bonds is 2. The molecule has 2 aromatic carbocycles. The van der Waals surface area contributed by atoms with Gasteiger partial charge in [-0.2, -0.15) is 13.2 Å². The van der Waals surface area contributed by atoms with Gasteiger partial charge in [0.1, 0.15) is 0 Å². The van der Waals surface area contributed by atoms with Crippen molar-refractivity contribution < 1.29 is 47.3 Å². The van der Waals surface area contributed by atoms with E-state index in [0.717, 1.165) is 0 Å². The lowest BCUT2D eigenvalue weighted by molar-refractivity contribution is -0.598. The van der Waals surface area contributed by atoms with Gasteiger partial charge in [-0.1, -0.05) is 65.3 Å². The molecule has 32 heavy (non-hydrogen) atoms. The van der Waals surface area contributed by atoms with Crippen LogP contribution in [-0.2, 0) is 20.9 Å². The first-order valence-electron chi connectivity index (χ1n) is 10.0. The SMILES string of the molecule is Cc1cc(C)c([I+]c2cc(C(C)(C)C)cc(C(C)(C)C)c2)c(C)c1.O=S(=O)([O-])C(F)(F)F. The van der Waals surface area contributed by atoms with Crippen molar-refractivity contribution in [1.82, 2.24) is 0 Å². The molecule has 2 aromatic rings. The molecule has 3 nitrogen and oxygen atoms in total. The lowest BCUT2D eigenvalue weighted by Gasteiger charge is -2.24. The summed E-state index contributed by atoms with van der Waals surface area (Å²) >= 11 is -0.158. The Kier molecular flexibility index (Phi) is 9.04. The van der Waals surface area contributed by atoms with Crippen molar-refractivity contribution in [3.63, 3.8) is 0 Å². The monoisotopic (exact) mass is 584 g/mol. The maximum Gasteiger partial charge on any atom is 0.485 e. The zero-order chi connectivity index (χ0) is 25.3. The van der Waals surface area contributed by atoms with Crippen LogP contribution >= 0.6 is 0 Å². The molecule has 2 rings (SSSR count). The van der Waals surface area contributed by atoms with Crippen molar-refractivity contribution >= 4 is 10.1 Å². The lowest BCUT2D eigenvalue weighted by atomic mass is 9.81. The molecular weight excluding hydrogens is 552 g/mol. The molecule has 0 saturated heterocycles. The Morgan fingerprint density at radius 1 is 0.750 bits per heavy atom. The van der Waals surface area contributed by atoms with Gasteiger partial charge < -0.3 is 4.55 Å². The fourth-order valence-electron chi connectivity index (χ4n) is 2.93. The molecule has 0 N–H and O–H groups in total. The number of aryl methyl sites for hydroxylation is 3. The molecule has 180 valence electrons. The van der Waals surface area contributed by atoms with E-state index in [1.807, 2.05) is 0 Å². The first-order chi connectivity index (χ1) is 14.1. The van der Waals surface area contributed by atoms with Crippen LogP contribution in [0.25, 0.3) is 0 Å². The molecule has 0 aliphatic carbocycles. The number of halogens is 4. The average molecular weight is 584 g/mol. The summed E-state index contributed by atoms with van der Waals surface area (Å²) in [6.45, 7) is 20.6. The zero-order valence-corrected chi connectivity index (χ0v) is 23.0. The molecular formula is C24H32F3IO3S. The van der Waals surface area contributed by atoms with Gasteiger partial charge in [0.25, 0.3) is 0 Å². The normalized spacial score (nSPS) is 12.9. The number of hydrogen-bond acceptors (Lipinski definition) is 3. The van der Waals surface area contributed by atoms with Gasteiger partial charge in [0, 0.05) is 11.1 Å². The molecule has 0 saturated carbocycles. The fourth-order valence-corrected chi connectivity index (χ4v) is 5.70. The van der Waals surface area contributed by atoms with E-state index in [4.69, 9.17) is 13.0 Å². The molecule has 0 aliphatic heterocycles. The topological polar surface area (TPSA) is 57.2 Å². The van der Waals surface area contributed by atoms with Gasteiger partial charge in [0.2, 0.25) is 0 Å². The second-order valence-corrected chi connectivity index (χ2v) is 14.2. The van der Waals surface area contributed by atoms with Crippen LogP contribution in [-0.4, -0.2) is 18.5 Å². The van der Waals surface area contributed by atoms with Crippen molar-refractivity contribution in [1.29, 1.82) is 0 Å². The maximum absolute atomic E-state index is 10.7. The van der Waals surface area contributed by atoms with E-state index in [1.165, 1.54) is 27.8 Å². The Bertz CT molecular complexity index is 1010. The van der Waals surface area contributed by atoms with Gasteiger partial charge in [-0.3, -0.25) is 0 Å². The molecule has 0 heterocycles. The molecule has 8 heteroatoms. The van der Waals surface area contributed by atoms with Gasteiger partial charge in [0.05, 0.1) is 0 Å². The third kappa shape index (κ3) is 8.33. The Morgan fingerprint density at radius 3 is 1.38 bits per heavy atom. The first-order valence-corrected chi connectivity index (χ1v) is 13.6. The maximum atomic E-state index is 10.7. The van der Waals surface area contributed by atoms with E-state index >= 15 is 0 Å². The molecule has 0 aliphatic rings. The molecule has 0 unspecified atom stereocenters. The largest absolute Gasteiger partial charge is 0.741 e. The van der Waals surface area contributed by atoms with Gasteiger partial charge >= 0.3 is 26.7 Å². The average Bonchev–Trinajstić information content (AvgIpc) is 2.55. The fraction of sp³-hybridized carbons (Fsp3) is 0.500. The summed E-state index contributed by atoms with van der Waals surface area (Å²) in [5, 5.41) is 0. The number of benzene rings is 2. The smallest absolute Gasteiger partial charge is 0.485 e. The second-order valence-electron chi connectivity index (χ2n) is 9.94. The van der Waals surface area contributed by atoms with Crippen molar-refractivity contribution in [2.75, 3.05) is 0 Å². The predicted molar refractivity (Wildman–Crippen MR) is 118 cm³/mol. The first kappa shape index (κ1) is 28.9. The van der Waals surface area contributed by atoms with E-state index in [2.05, 4.69) is 92.6 Å². The quantitative estimate of drug-likeness (QED) is 0.309. The van der Waals surface area contributed by atoms with Gasteiger partial charge in [-0.25, -0.2) is 8.42 Å². The third-order valence-corrected chi connectivity index (χ3v) is 8.75. The number of alkyl halides is 3. The van der Waals surface area contributed by atoms with Crippen molar-refractivity contribution in [2.45, 2.75) is 78.7 Å². The Balaban J connectivity index is 0.000000547. The minimum Gasteiger partial charge on any atom is -0.741 e. The van der Waals surface area contributed by atoms with Crippen LogP contribution in [0.1, 0.15) is 69.4 Å². The van der Waals surface area contributed by atoms with Crippen LogP contribution in [0.4, 0.5) is 13.2 Å². The summed E-state index contributed by atoms with van der Waals surface area (Å²) in [6, 6.07) is 12.0. The van der Waals surface area contributed by atoms with Crippen LogP contribution in [0, 0.1) is 27.9 Å². The van der Waals surface area contributed by atoms with Gasteiger partial charge in [0.15, 0.2) is 17.3 Å². The highest BCUT2D eigenvalue weighted by Gasteiger charge is 2.37. The lowest BCUT2D eigenvalue weighted by Crippen LogP contribution is -3.62. The van der Waals surface area contributed by atoms with E-state index in [-0.39, 0.29) is 32.0 Å². The van der Waals surface area contributed by atoms with E-state index in [1.54, 1.807) is 7.14 Å². The van der Waals surface area contributed by atoms with Crippen LogP contribution in [0.5, 0.6) is 0 Å². The summed E-state index contributed by atoms with van der Waals surface area (Å²) in [5.74, 6) is 0. The standard InChI is InChI=1S/C23H32I.CHF3O3S/c1-15-10-16(2)21(17(3)11-15)24-20-13-18(22(4,5)6)12-19(14-20)23(7,8)9;2-1(3,4)8(5,6)7/h10-14H,1-9H3;(H,5,6,7)/q+1;/p-1. The summed E-state index contributed by atoms with van der Waals surface area (Å²) in [6.07, 6.45) is 0. The van der Waals surface area contributed by atoms with Crippen molar-refractivity contribution in [2.24, 2.45) is 0 Å². The van der Waals surface area contributed by atoms with Gasteiger partial charge in [-0.15, -0.1) is 0 Å². The highest BCUT2D eigenvalue weighted by atomic mass is 127. The molecule has 0 spiro atoms. The summed E-state index contributed by atoms with van der Waals surface area (Å²) in [4.78, 5) is 0. The minimum atomic E-state index is -6.09. The molecule has 0 fully saturated rings. The van der Waals surface area contributed by atoms with Gasteiger partial charge in [-0.05, 0) is 54.9 Å². The summed E-state index contributed by atoms with van der Waals surface area (Å²) in [5.41, 5.74) is 1.95. The Hall–Kier alpha value is -1.13. The minimum absolute atomic E-state index is 0.158. The molecule has 0 amide bonds. The number of hydrogen-bond donors (Lipinski definition) is 0. The molecule has 0 atom stereocenters. The van der Waals surface area contributed by atoms with E-state index in [0.29, 0.717) is 0 Å². The molecule has 0 aromatic heterocycles. The van der Waals surface area contributed by atoms with Crippen molar-refractivity contribution in [3.8, 4) is 0 Å². The van der Waals surface area contributed by atoms with Crippen LogP contribution in [0.3, 0.4) is 0 Å². The summed E-state index contributed by atoms with van der Waals surface area (Å²) in [7, 11) is -6.09. The van der Waals surface area contributed by atoms with Crippen LogP contribution < -0.4 is 21.2 Å². The summed E-state index contributed by atoms with van der Waals surface area (Å²) < 4.78 is 62.0. The third-order valence-electron chi connectivity index (χ3n) is 4.70. The second kappa shape index (κ2) is 10.0. The predicted octanol–water partition coefficient (Wildman–Crippen LogP) is 3.39. The highest BCUT2D eigenvalue weighted by molar-refractivity contribution is 7.86. The zero-order valence-electron chi connectivity index (χ0n) is 20.0. The van der Waals surface area contributed by atoms with Crippen LogP contribution in [0.15, 0.2) is 30.3 Å². The Labute approximate surface area is 200 Å². The van der Waals surface area contributed by atoms with Crippen LogP contribution in [0.2, 0.25) is 0 Å². The molecule has 0 bridgehead atoms. The van der Waals surface area contributed by atoms with E-state index in [9.17, 15) is 13.2 Å². The van der Waals surface area contributed by atoms with Crippen molar-refractivity contribution in [3.05, 3.63) is 65.3 Å². The Morgan fingerprint density at radius 2 is 1.09 bits per heavy atom. The van der Waals surface area contributed by atoms with E-state index < -0.39 is 15.6 Å². The highest BCUT2D eigenvalue weighted by Crippen LogP contribution is 2.28.